The van der Waals surface area contributed by atoms with E-state index in [1.165, 1.54) is 13.5 Å². The van der Waals surface area contributed by atoms with Crippen molar-refractivity contribution in [3.63, 3.8) is 0 Å². The fourth-order valence-electron chi connectivity index (χ4n) is 3.78. The van der Waals surface area contributed by atoms with E-state index in [0.29, 0.717) is 29.5 Å². The van der Waals surface area contributed by atoms with Gasteiger partial charge >= 0.3 is 5.97 Å². The fourth-order valence-corrected chi connectivity index (χ4v) is 3.78. The highest BCUT2D eigenvalue weighted by Crippen LogP contribution is 2.31. The second kappa shape index (κ2) is 8.43. The van der Waals surface area contributed by atoms with Crippen LogP contribution in [0.2, 0.25) is 0 Å². The van der Waals surface area contributed by atoms with Crippen molar-refractivity contribution in [1.82, 2.24) is 9.88 Å². The van der Waals surface area contributed by atoms with E-state index < -0.39 is 5.97 Å². The largest absolute Gasteiger partial charge is 0.497 e. The molecular weight excluding hydrogens is 346 g/mol. The summed E-state index contributed by atoms with van der Waals surface area (Å²) in [5.41, 5.74) is 1.39. The van der Waals surface area contributed by atoms with Crippen LogP contribution in [-0.4, -0.2) is 55.1 Å². The van der Waals surface area contributed by atoms with Gasteiger partial charge in [0, 0.05) is 17.5 Å². The molecule has 2 aromatic rings. The molecule has 1 atom stereocenters. The van der Waals surface area contributed by atoms with Gasteiger partial charge < -0.3 is 19.8 Å². The maximum absolute atomic E-state index is 12.7. The monoisotopic (exact) mass is 373 g/mol. The number of H-pyrrole nitrogens is 1. The zero-order valence-corrected chi connectivity index (χ0v) is 16.1. The van der Waals surface area contributed by atoms with Gasteiger partial charge in [0.1, 0.15) is 11.4 Å². The summed E-state index contributed by atoms with van der Waals surface area (Å²) < 4.78 is 10.1. The van der Waals surface area contributed by atoms with Crippen LogP contribution in [0.25, 0.3) is 10.9 Å². The number of anilines is 1. The maximum Gasteiger partial charge on any atom is 0.356 e. The number of hydrogen-bond donors (Lipinski definition) is 2. The van der Waals surface area contributed by atoms with Gasteiger partial charge in [0.2, 0.25) is 5.91 Å². The number of aromatic nitrogens is 1. The summed E-state index contributed by atoms with van der Waals surface area (Å²) in [4.78, 5) is 30.2. The Bertz CT molecular complexity index is 830. The smallest absolute Gasteiger partial charge is 0.356 e. The third-order valence-electron chi connectivity index (χ3n) is 5.23. The van der Waals surface area contributed by atoms with Crippen molar-refractivity contribution < 1.29 is 19.1 Å². The molecule has 7 nitrogen and oxygen atoms in total. The summed E-state index contributed by atoms with van der Waals surface area (Å²) in [6.45, 7) is 3.41. The summed E-state index contributed by atoms with van der Waals surface area (Å²) in [6.07, 6.45) is 4.50. The van der Waals surface area contributed by atoms with Gasteiger partial charge in [-0.25, -0.2) is 4.79 Å². The molecule has 1 aliphatic rings. The molecule has 2 N–H and O–H groups in total. The van der Waals surface area contributed by atoms with E-state index in [4.69, 9.17) is 9.47 Å². The zero-order valence-electron chi connectivity index (χ0n) is 16.1. The summed E-state index contributed by atoms with van der Waals surface area (Å²) in [6, 6.07) is 5.85. The van der Waals surface area contributed by atoms with E-state index in [2.05, 4.69) is 22.1 Å². The van der Waals surface area contributed by atoms with Crippen molar-refractivity contribution in [3.05, 3.63) is 23.9 Å². The number of benzene rings is 1. The lowest BCUT2D eigenvalue weighted by molar-refractivity contribution is -0.118. The van der Waals surface area contributed by atoms with E-state index in [9.17, 15) is 9.59 Å². The number of piperidine rings is 1. The molecule has 146 valence electrons. The molecular formula is C20H27N3O4. The molecule has 27 heavy (non-hydrogen) atoms. The van der Waals surface area contributed by atoms with Gasteiger partial charge in [0.15, 0.2) is 0 Å². The number of methoxy groups -OCH3 is 2. The number of ether oxygens (including phenoxy) is 2. The topological polar surface area (TPSA) is 83.7 Å². The van der Waals surface area contributed by atoms with Crippen LogP contribution >= 0.6 is 0 Å². The first-order valence-corrected chi connectivity index (χ1v) is 9.39. The number of carbonyl (C=O) groups excluding carboxylic acids is 2. The Labute approximate surface area is 159 Å². The van der Waals surface area contributed by atoms with Crippen molar-refractivity contribution in [1.29, 1.82) is 0 Å². The molecule has 1 aliphatic heterocycles. The van der Waals surface area contributed by atoms with Crippen molar-refractivity contribution in [3.8, 4) is 5.75 Å². The molecule has 1 amide bonds. The van der Waals surface area contributed by atoms with Gasteiger partial charge in [-0.3, -0.25) is 9.69 Å². The van der Waals surface area contributed by atoms with Crippen LogP contribution in [0.3, 0.4) is 0 Å². The number of rotatable bonds is 6. The number of fused-ring (bicyclic) bond motifs is 1. The Kier molecular flexibility index (Phi) is 6.01. The quantitative estimate of drug-likeness (QED) is 0.760. The lowest BCUT2D eigenvalue weighted by atomic mass is 10.00. The predicted octanol–water partition coefficient (Wildman–Crippen LogP) is 3.17. The highest BCUT2D eigenvalue weighted by Gasteiger charge is 2.25. The first kappa shape index (κ1) is 19.2. The minimum Gasteiger partial charge on any atom is -0.497 e. The third kappa shape index (κ3) is 4.08. The lowest BCUT2D eigenvalue weighted by Gasteiger charge is -2.34. The molecule has 0 bridgehead atoms. The minimum atomic E-state index is -0.523. The maximum atomic E-state index is 12.7. The van der Waals surface area contributed by atoms with Crippen LogP contribution in [-0.2, 0) is 9.53 Å². The Morgan fingerprint density at radius 2 is 2.11 bits per heavy atom. The standard InChI is InChI=1S/C20H27N3O4/c1-4-13-7-5-6-10-23(13)12-17(24)22-18-15-9-8-14(26-2)11-16(15)21-19(18)20(25)27-3/h8-9,11,13,21H,4-7,10,12H2,1-3H3,(H,22,24)/t13-/m1/s1. The van der Waals surface area contributed by atoms with Gasteiger partial charge in [-0.1, -0.05) is 13.3 Å². The van der Waals surface area contributed by atoms with Gasteiger partial charge in [-0.05, 0) is 37.9 Å². The molecule has 0 aliphatic carbocycles. The summed E-state index contributed by atoms with van der Waals surface area (Å²) in [5.74, 6) is 0.0132. The minimum absolute atomic E-state index is 0.128. The second-order valence-corrected chi connectivity index (χ2v) is 6.85. The third-order valence-corrected chi connectivity index (χ3v) is 5.23. The molecule has 1 saturated heterocycles. The van der Waals surface area contributed by atoms with Crippen molar-refractivity contribution >= 4 is 28.5 Å². The summed E-state index contributed by atoms with van der Waals surface area (Å²) >= 11 is 0. The highest BCUT2D eigenvalue weighted by molar-refractivity contribution is 6.11. The summed E-state index contributed by atoms with van der Waals surface area (Å²) in [5, 5.41) is 3.67. The molecule has 7 heteroatoms. The molecule has 0 spiro atoms. The Hall–Kier alpha value is -2.54. The number of hydrogen-bond acceptors (Lipinski definition) is 5. The van der Waals surface area contributed by atoms with E-state index >= 15 is 0 Å². The molecule has 2 heterocycles. The number of nitrogens with zero attached hydrogens (tertiary/aromatic N) is 1. The number of amides is 1. The van der Waals surface area contributed by atoms with Crippen LogP contribution in [0, 0.1) is 0 Å². The molecule has 1 fully saturated rings. The number of aromatic amines is 1. The van der Waals surface area contributed by atoms with E-state index in [-0.39, 0.29) is 11.6 Å². The first-order valence-electron chi connectivity index (χ1n) is 9.39. The number of likely N-dealkylation sites (tertiary alicyclic amines) is 1. The van der Waals surface area contributed by atoms with E-state index in [1.807, 2.05) is 6.07 Å². The first-order chi connectivity index (χ1) is 13.1. The Balaban J connectivity index is 1.86. The lowest BCUT2D eigenvalue weighted by Crippen LogP contribution is -2.43. The normalized spacial score (nSPS) is 17.7. The van der Waals surface area contributed by atoms with Gasteiger partial charge in [0.25, 0.3) is 0 Å². The van der Waals surface area contributed by atoms with E-state index in [0.717, 1.165) is 31.2 Å². The number of nitrogens with one attached hydrogen (secondary N) is 2. The molecule has 0 radical (unpaired) electrons. The van der Waals surface area contributed by atoms with Crippen LogP contribution in [0.15, 0.2) is 18.2 Å². The van der Waals surface area contributed by atoms with Crippen LogP contribution in [0.4, 0.5) is 5.69 Å². The van der Waals surface area contributed by atoms with Gasteiger partial charge in [-0.15, -0.1) is 0 Å². The van der Waals surface area contributed by atoms with Gasteiger partial charge in [-0.2, -0.15) is 0 Å². The molecule has 0 saturated carbocycles. The Morgan fingerprint density at radius 3 is 2.81 bits per heavy atom. The van der Waals surface area contributed by atoms with Crippen LogP contribution < -0.4 is 10.1 Å². The van der Waals surface area contributed by atoms with Crippen molar-refractivity contribution in [2.45, 2.75) is 38.6 Å². The molecule has 1 aromatic carbocycles. The average molecular weight is 373 g/mol. The van der Waals surface area contributed by atoms with Crippen molar-refractivity contribution in [2.75, 3.05) is 32.6 Å². The summed E-state index contributed by atoms with van der Waals surface area (Å²) in [7, 11) is 2.90. The molecule has 3 rings (SSSR count). The average Bonchev–Trinajstić information content (AvgIpc) is 3.05. The molecule has 0 unspecified atom stereocenters. The van der Waals surface area contributed by atoms with Gasteiger partial charge in [0.05, 0.1) is 32.0 Å². The predicted molar refractivity (Wildman–Crippen MR) is 104 cm³/mol. The van der Waals surface area contributed by atoms with Crippen LogP contribution in [0.1, 0.15) is 43.1 Å². The highest BCUT2D eigenvalue weighted by atomic mass is 16.5. The number of esters is 1. The van der Waals surface area contributed by atoms with Crippen LogP contribution in [0.5, 0.6) is 5.75 Å². The van der Waals surface area contributed by atoms with E-state index in [1.54, 1.807) is 19.2 Å². The van der Waals surface area contributed by atoms with Crippen molar-refractivity contribution in [2.24, 2.45) is 0 Å². The molecule has 1 aromatic heterocycles. The number of carbonyl (C=O) groups is 2. The second-order valence-electron chi connectivity index (χ2n) is 6.85. The Morgan fingerprint density at radius 1 is 1.30 bits per heavy atom. The fraction of sp³-hybridized carbons (Fsp3) is 0.500. The zero-order chi connectivity index (χ0) is 19.4. The SMILES string of the molecule is CC[C@@H]1CCCCN1CC(=O)Nc1c(C(=O)OC)[nH]c2cc(OC)ccc12.